The molecule has 0 unspecified atom stereocenters. The number of likely N-dealkylation sites (tertiary alicyclic amines) is 2. The summed E-state index contributed by atoms with van der Waals surface area (Å²) in [7, 11) is 0. The van der Waals surface area contributed by atoms with Gasteiger partial charge in [-0.15, -0.1) is 0 Å². The molecule has 24 heavy (non-hydrogen) atoms. The van der Waals surface area contributed by atoms with Crippen LogP contribution in [0.2, 0.25) is 0 Å². The fourth-order valence-corrected chi connectivity index (χ4v) is 3.91. The molecule has 2 rings (SSSR count). The lowest BCUT2D eigenvalue weighted by atomic mass is 9.86. The van der Waals surface area contributed by atoms with Gasteiger partial charge in [0.1, 0.15) is 0 Å². The third kappa shape index (κ3) is 6.36. The molecule has 0 saturated carbocycles. The van der Waals surface area contributed by atoms with Crippen molar-refractivity contribution < 1.29 is 9.90 Å². The lowest BCUT2D eigenvalue weighted by Gasteiger charge is -2.41. The van der Waals surface area contributed by atoms with E-state index in [1.165, 1.54) is 12.8 Å². The minimum absolute atomic E-state index is 0.162. The Morgan fingerprint density at radius 1 is 1.12 bits per heavy atom. The highest BCUT2D eigenvalue weighted by atomic mass is 16.3. The van der Waals surface area contributed by atoms with E-state index < -0.39 is 5.60 Å². The van der Waals surface area contributed by atoms with Crippen LogP contribution in [0.1, 0.15) is 79.6 Å². The van der Waals surface area contributed by atoms with Gasteiger partial charge in [0.25, 0.3) is 0 Å². The van der Waals surface area contributed by atoms with Crippen molar-refractivity contribution in [3.05, 3.63) is 0 Å². The van der Waals surface area contributed by atoms with E-state index in [1.54, 1.807) is 0 Å². The van der Waals surface area contributed by atoms with E-state index in [0.29, 0.717) is 12.5 Å². The van der Waals surface area contributed by atoms with E-state index in [4.69, 9.17) is 0 Å². The monoisotopic (exact) mass is 340 g/mol. The molecular weight excluding hydrogens is 300 g/mol. The quantitative estimate of drug-likeness (QED) is 0.830. The topological polar surface area (TPSA) is 43.8 Å². The summed E-state index contributed by atoms with van der Waals surface area (Å²) >= 11 is 0. The first-order valence-electron chi connectivity index (χ1n) is 10.2. The molecule has 142 valence electrons. The molecule has 2 fully saturated rings. The van der Waals surface area contributed by atoms with Crippen LogP contribution in [0.3, 0.4) is 0 Å². The van der Waals surface area contributed by atoms with Crippen molar-refractivity contribution in [2.45, 2.75) is 91.2 Å². The molecule has 2 aliphatic heterocycles. The maximum absolute atomic E-state index is 12.5. The number of piperidine rings is 2. The summed E-state index contributed by atoms with van der Waals surface area (Å²) in [6, 6.07) is 0.526. The van der Waals surface area contributed by atoms with Crippen LogP contribution in [-0.4, -0.2) is 58.6 Å². The minimum Gasteiger partial charge on any atom is -0.389 e. The molecule has 0 aromatic carbocycles. The fourth-order valence-electron chi connectivity index (χ4n) is 3.91. The lowest BCUT2D eigenvalue weighted by Crippen LogP contribution is -2.50. The molecule has 0 atom stereocenters. The van der Waals surface area contributed by atoms with E-state index in [-0.39, 0.29) is 5.91 Å². The van der Waals surface area contributed by atoms with Crippen molar-refractivity contribution in [2.75, 3.05) is 26.2 Å². The summed E-state index contributed by atoms with van der Waals surface area (Å²) in [5.41, 5.74) is -0.775. The fraction of sp³-hybridized carbons (Fsp3) is 0.950. The molecule has 4 nitrogen and oxygen atoms in total. The largest absolute Gasteiger partial charge is 0.389 e. The minimum atomic E-state index is -0.775. The summed E-state index contributed by atoms with van der Waals surface area (Å²) in [5.74, 6) is 0.960. The second-order valence-corrected chi connectivity index (χ2v) is 7.64. The number of amides is 1. The highest BCUT2D eigenvalue weighted by Gasteiger charge is 2.36. The molecule has 0 radical (unpaired) electrons. The number of aliphatic hydroxyl groups is 1. The van der Waals surface area contributed by atoms with Gasteiger partial charge in [-0.25, -0.2) is 0 Å². The van der Waals surface area contributed by atoms with Crippen molar-refractivity contribution in [1.82, 2.24) is 9.80 Å². The van der Waals surface area contributed by atoms with Crippen LogP contribution in [0.15, 0.2) is 0 Å². The number of nitrogens with zero attached hydrogens (tertiary/aromatic N) is 2. The van der Waals surface area contributed by atoms with E-state index >= 15 is 0 Å². The van der Waals surface area contributed by atoms with E-state index in [1.807, 2.05) is 18.7 Å². The van der Waals surface area contributed by atoms with Crippen LogP contribution >= 0.6 is 0 Å². The van der Waals surface area contributed by atoms with Gasteiger partial charge in [0.05, 0.1) is 12.0 Å². The number of rotatable bonds is 5. The first kappa shape index (κ1) is 21.4. The van der Waals surface area contributed by atoms with Gasteiger partial charge in [0.2, 0.25) is 5.91 Å². The Labute approximate surface area is 149 Å². The molecule has 0 spiro atoms. The van der Waals surface area contributed by atoms with E-state index in [2.05, 4.69) is 25.7 Å². The molecule has 1 N–H and O–H groups in total. The van der Waals surface area contributed by atoms with Crippen molar-refractivity contribution in [3.63, 3.8) is 0 Å². The predicted octanol–water partition coefficient (Wildman–Crippen LogP) is 3.68. The molecule has 0 bridgehead atoms. The number of carbonyl (C=O) groups is 1. The number of hydrogen-bond acceptors (Lipinski definition) is 3. The van der Waals surface area contributed by atoms with Crippen molar-refractivity contribution in [2.24, 2.45) is 5.92 Å². The summed E-state index contributed by atoms with van der Waals surface area (Å²) in [6.07, 6.45) is 6.57. The van der Waals surface area contributed by atoms with Crippen LogP contribution in [0.4, 0.5) is 0 Å². The van der Waals surface area contributed by atoms with Gasteiger partial charge in [-0.05, 0) is 45.4 Å². The van der Waals surface area contributed by atoms with Crippen molar-refractivity contribution >= 4 is 5.91 Å². The zero-order chi connectivity index (χ0) is 18.2. The maximum Gasteiger partial charge on any atom is 0.225 e. The van der Waals surface area contributed by atoms with Crippen molar-refractivity contribution in [3.8, 4) is 0 Å². The second kappa shape index (κ2) is 10.4. The van der Waals surface area contributed by atoms with Crippen LogP contribution < -0.4 is 0 Å². The maximum atomic E-state index is 12.5. The Bertz CT molecular complexity index is 355. The average molecular weight is 341 g/mol. The predicted molar refractivity (Wildman–Crippen MR) is 101 cm³/mol. The van der Waals surface area contributed by atoms with Gasteiger partial charge in [-0.2, -0.15) is 0 Å². The molecule has 2 saturated heterocycles. The highest BCUT2D eigenvalue weighted by molar-refractivity contribution is 5.77. The zero-order valence-electron chi connectivity index (χ0n) is 16.7. The third-order valence-electron chi connectivity index (χ3n) is 5.60. The van der Waals surface area contributed by atoms with Crippen LogP contribution in [0, 0.1) is 5.92 Å². The van der Waals surface area contributed by atoms with Gasteiger partial charge >= 0.3 is 0 Å². The van der Waals surface area contributed by atoms with Gasteiger partial charge in [0.15, 0.2) is 0 Å². The molecule has 0 aromatic heterocycles. The first-order chi connectivity index (χ1) is 11.4. The zero-order valence-corrected chi connectivity index (χ0v) is 16.7. The molecule has 4 heteroatoms. The van der Waals surface area contributed by atoms with Crippen LogP contribution in [-0.2, 0) is 4.79 Å². The van der Waals surface area contributed by atoms with Gasteiger partial charge in [0, 0.05) is 32.2 Å². The Balaban J connectivity index is 0.00000139. The molecular formula is C20H40N2O2. The van der Waals surface area contributed by atoms with Gasteiger partial charge in [-0.1, -0.05) is 33.6 Å². The molecule has 0 aromatic rings. The summed E-state index contributed by atoms with van der Waals surface area (Å²) in [6.45, 7) is 14.2. The Hall–Kier alpha value is -0.610. The van der Waals surface area contributed by atoms with Gasteiger partial charge in [-0.3, -0.25) is 4.79 Å². The standard InChI is InChI=1S/C18H34N2O2.C2H6/c1-4-5-16-6-10-20(11-7-16)17(21)14-18(22)8-12-19(13-9-18)15(2)3;1-2/h15-16,22H,4-14H2,1-3H3;1-2H3. The molecule has 2 heterocycles. The second-order valence-electron chi connectivity index (χ2n) is 7.64. The normalized spacial score (nSPS) is 22.2. The van der Waals surface area contributed by atoms with Crippen LogP contribution in [0.25, 0.3) is 0 Å². The molecule has 1 amide bonds. The highest BCUT2D eigenvalue weighted by Crippen LogP contribution is 2.29. The number of hydrogen-bond donors (Lipinski definition) is 1. The van der Waals surface area contributed by atoms with E-state index in [0.717, 1.165) is 57.8 Å². The SMILES string of the molecule is CC.CCCC1CCN(C(=O)CC2(O)CCN(C(C)C)CC2)CC1. The average Bonchev–Trinajstić information content (AvgIpc) is 2.57. The van der Waals surface area contributed by atoms with Crippen molar-refractivity contribution in [1.29, 1.82) is 0 Å². The third-order valence-corrected chi connectivity index (χ3v) is 5.60. The molecule has 2 aliphatic rings. The molecule has 0 aliphatic carbocycles. The van der Waals surface area contributed by atoms with Crippen LogP contribution in [0.5, 0.6) is 0 Å². The summed E-state index contributed by atoms with van der Waals surface area (Å²) in [5, 5.41) is 10.7. The summed E-state index contributed by atoms with van der Waals surface area (Å²) in [4.78, 5) is 16.9. The lowest BCUT2D eigenvalue weighted by molar-refractivity contribution is -0.140. The Morgan fingerprint density at radius 2 is 1.67 bits per heavy atom. The number of carbonyl (C=O) groups excluding carboxylic acids is 1. The summed E-state index contributed by atoms with van der Waals surface area (Å²) < 4.78 is 0. The first-order valence-corrected chi connectivity index (χ1v) is 10.2. The smallest absolute Gasteiger partial charge is 0.225 e. The Morgan fingerprint density at radius 3 is 2.12 bits per heavy atom. The van der Waals surface area contributed by atoms with Gasteiger partial charge < -0.3 is 14.9 Å². The van der Waals surface area contributed by atoms with E-state index in [9.17, 15) is 9.90 Å². The Kier molecular flexibility index (Phi) is 9.28.